The summed E-state index contributed by atoms with van der Waals surface area (Å²) in [6, 6.07) is 0. The molecule has 0 fully saturated rings. The van der Waals surface area contributed by atoms with Crippen molar-refractivity contribution in [1.29, 1.82) is 0 Å². The molecule has 0 aromatic carbocycles. The van der Waals surface area contributed by atoms with E-state index in [2.05, 4.69) is 10.3 Å². The Bertz CT molecular complexity index is 322. The lowest BCUT2D eigenvalue weighted by atomic mass is 10.2. The van der Waals surface area contributed by atoms with Gasteiger partial charge in [-0.05, 0) is 6.42 Å². The number of carbonyl (C=O) groups excluding carboxylic acids is 1. The molecule has 15 heavy (non-hydrogen) atoms. The number of aliphatic hydroxyl groups excluding tert-OH is 1. The smallest absolute Gasteiger partial charge is 0.269 e. The highest BCUT2D eigenvalue weighted by atomic mass is 16.3. The first-order valence-corrected chi connectivity index (χ1v) is 5.07. The van der Waals surface area contributed by atoms with Crippen LogP contribution in [0.25, 0.3) is 0 Å². The minimum atomic E-state index is -0.466. The molecule has 5 heteroatoms. The van der Waals surface area contributed by atoms with Crippen LogP contribution in [0.3, 0.4) is 0 Å². The summed E-state index contributed by atoms with van der Waals surface area (Å²) >= 11 is 0. The van der Waals surface area contributed by atoms with Crippen LogP contribution in [-0.2, 0) is 7.05 Å². The number of aryl methyl sites for hydroxylation is 1. The van der Waals surface area contributed by atoms with Gasteiger partial charge in [0.05, 0.1) is 18.6 Å². The molecule has 5 nitrogen and oxygen atoms in total. The molecule has 1 aromatic heterocycles. The van der Waals surface area contributed by atoms with E-state index in [1.165, 1.54) is 6.20 Å². The monoisotopic (exact) mass is 211 g/mol. The molecular formula is C10H17N3O2. The summed E-state index contributed by atoms with van der Waals surface area (Å²) in [5.41, 5.74) is 0.499. The Hall–Kier alpha value is -1.36. The Kier molecular flexibility index (Phi) is 4.30. The van der Waals surface area contributed by atoms with E-state index in [0.29, 0.717) is 12.1 Å². The third kappa shape index (κ3) is 3.36. The van der Waals surface area contributed by atoms with Gasteiger partial charge >= 0.3 is 0 Å². The number of amides is 1. The summed E-state index contributed by atoms with van der Waals surface area (Å²) in [4.78, 5) is 15.4. The second-order valence-electron chi connectivity index (χ2n) is 3.54. The van der Waals surface area contributed by atoms with Crippen molar-refractivity contribution in [3.8, 4) is 0 Å². The first-order valence-electron chi connectivity index (χ1n) is 5.07. The normalized spacial score (nSPS) is 12.5. The van der Waals surface area contributed by atoms with Crippen molar-refractivity contribution in [3.05, 3.63) is 18.2 Å². The van der Waals surface area contributed by atoms with E-state index in [-0.39, 0.29) is 12.5 Å². The van der Waals surface area contributed by atoms with Gasteiger partial charge in [0.15, 0.2) is 0 Å². The van der Waals surface area contributed by atoms with Crippen molar-refractivity contribution >= 4 is 5.91 Å². The number of carbonyl (C=O) groups is 1. The van der Waals surface area contributed by atoms with Gasteiger partial charge < -0.3 is 15.0 Å². The maximum Gasteiger partial charge on any atom is 0.269 e. The summed E-state index contributed by atoms with van der Waals surface area (Å²) < 4.78 is 1.64. The molecule has 84 valence electrons. The van der Waals surface area contributed by atoms with Crippen LogP contribution in [0.5, 0.6) is 0 Å². The summed E-state index contributed by atoms with van der Waals surface area (Å²) in [5.74, 6) is -0.204. The van der Waals surface area contributed by atoms with Crippen LogP contribution in [0, 0.1) is 0 Å². The fourth-order valence-electron chi connectivity index (χ4n) is 1.31. The van der Waals surface area contributed by atoms with Gasteiger partial charge in [-0.15, -0.1) is 0 Å². The molecule has 1 rings (SSSR count). The van der Waals surface area contributed by atoms with Gasteiger partial charge in [0.25, 0.3) is 5.91 Å². The fraction of sp³-hybridized carbons (Fsp3) is 0.600. The second kappa shape index (κ2) is 5.50. The lowest BCUT2D eigenvalue weighted by molar-refractivity contribution is 0.0902. The number of aromatic nitrogens is 2. The summed E-state index contributed by atoms with van der Waals surface area (Å²) in [6.45, 7) is 2.28. The maximum atomic E-state index is 11.6. The predicted octanol–water partition coefficient (Wildman–Crippen LogP) is 0.311. The van der Waals surface area contributed by atoms with Crippen LogP contribution in [0.15, 0.2) is 12.5 Å². The van der Waals surface area contributed by atoms with Gasteiger partial charge in [0.2, 0.25) is 0 Å². The van der Waals surface area contributed by atoms with Crippen molar-refractivity contribution in [2.24, 2.45) is 7.05 Å². The highest BCUT2D eigenvalue weighted by Gasteiger charge is 2.10. The van der Waals surface area contributed by atoms with E-state index in [1.54, 1.807) is 17.9 Å². The Morgan fingerprint density at radius 3 is 3.00 bits per heavy atom. The number of aliphatic hydroxyl groups is 1. The SMILES string of the molecule is CCCC(O)CNC(=O)c1cncn1C. The number of imidazole rings is 1. The second-order valence-corrected chi connectivity index (χ2v) is 3.54. The molecule has 1 amide bonds. The highest BCUT2D eigenvalue weighted by Crippen LogP contribution is 1.97. The maximum absolute atomic E-state index is 11.6. The Morgan fingerprint density at radius 1 is 1.73 bits per heavy atom. The zero-order valence-corrected chi connectivity index (χ0v) is 9.10. The Morgan fingerprint density at radius 2 is 2.47 bits per heavy atom. The van der Waals surface area contributed by atoms with E-state index < -0.39 is 6.10 Å². The third-order valence-electron chi connectivity index (χ3n) is 2.17. The quantitative estimate of drug-likeness (QED) is 0.736. The van der Waals surface area contributed by atoms with Crippen molar-refractivity contribution < 1.29 is 9.90 Å². The summed E-state index contributed by atoms with van der Waals surface area (Å²) in [7, 11) is 1.75. The van der Waals surface area contributed by atoms with E-state index in [4.69, 9.17) is 0 Å². The van der Waals surface area contributed by atoms with Crippen LogP contribution in [0.2, 0.25) is 0 Å². The zero-order chi connectivity index (χ0) is 11.3. The van der Waals surface area contributed by atoms with Crippen LogP contribution < -0.4 is 5.32 Å². The standard InChI is InChI=1S/C10H17N3O2/c1-3-4-8(14)5-12-10(15)9-6-11-7-13(9)2/h6-8,14H,3-5H2,1-2H3,(H,12,15). The molecule has 2 N–H and O–H groups in total. The molecule has 0 saturated heterocycles. The molecule has 0 radical (unpaired) electrons. The molecule has 0 aliphatic carbocycles. The number of nitrogens with zero attached hydrogens (tertiary/aromatic N) is 2. The van der Waals surface area contributed by atoms with E-state index in [9.17, 15) is 9.90 Å². The van der Waals surface area contributed by atoms with Gasteiger partial charge in [-0.2, -0.15) is 0 Å². The minimum absolute atomic E-state index is 0.204. The van der Waals surface area contributed by atoms with Gasteiger partial charge in [-0.25, -0.2) is 4.98 Å². The Balaban J connectivity index is 2.40. The zero-order valence-electron chi connectivity index (χ0n) is 9.10. The topological polar surface area (TPSA) is 67.2 Å². The third-order valence-corrected chi connectivity index (χ3v) is 2.17. The first kappa shape index (κ1) is 11.7. The van der Waals surface area contributed by atoms with Crippen molar-refractivity contribution in [2.45, 2.75) is 25.9 Å². The number of hydrogen-bond acceptors (Lipinski definition) is 3. The van der Waals surface area contributed by atoms with Crippen LogP contribution in [0.4, 0.5) is 0 Å². The number of hydrogen-bond donors (Lipinski definition) is 2. The van der Waals surface area contributed by atoms with Gasteiger partial charge in [0, 0.05) is 13.6 Å². The molecule has 0 aliphatic heterocycles. The van der Waals surface area contributed by atoms with Crippen molar-refractivity contribution in [2.75, 3.05) is 6.54 Å². The van der Waals surface area contributed by atoms with Gasteiger partial charge in [-0.3, -0.25) is 4.79 Å². The minimum Gasteiger partial charge on any atom is -0.391 e. The molecule has 0 spiro atoms. The fourth-order valence-corrected chi connectivity index (χ4v) is 1.31. The predicted molar refractivity (Wildman–Crippen MR) is 56.5 cm³/mol. The van der Waals surface area contributed by atoms with Crippen LogP contribution in [-0.4, -0.2) is 33.2 Å². The average Bonchev–Trinajstić information content (AvgIpc) is 2.61. The number of nitrogens with one attached hydrogen (secondary N) is 1. The molecule has 1 unspecified atom stereocenters. The van der Waals surface area contributed by atoms with E-state index >= 15 is 0 Å². The molecule has 0 bridgehead atoms. The summed E-state index contributed by atoms with van der Waals surface area (Å²) in [6.07, 6.45) is 4.21. The first-order chi connectivity index (χ1) is 7.15. The van der Waals surface area contributed by atoms with Crippen LogP contribution in [0.1, 0.15) is 30.3 Å². The molecule has 0 aliphatic rings. The van der Waals surface area contributed by atoms with Crippen molar-refractivity contribution in [1.82, 2.24) is 14.9 Å². The molecule has 1 heterocycles. The van der Waals surface area contributed by atoms with Crippen molar-refractivity contribution in [3.63, 3.8) is 0 Å². The number of rotatable bonds is 5. The van der Waals surface area contributed by atoms with Crippen LogP contribution >= 0.6 is 0 Å². The Labute approximate surface area is 89.1 Å². The molecule has 1 atom stereocenters. The van der Waals surface area contributed by atoms with E-state index in [1.807, 2.05) is 6.92 Å². The lowest BCUT2D eigenvalue weighted by Crippen LogP contribution is -2.32. The van der Waals surface area contributed by atoms with E-state index in [0.717, 1.165) is 6.42 Å². The lowest BCUT2D eigenvalue weighted by Gasteiger charge is -2.10. The molecule has 1 aromatic rings. The van der Waals surface area contributed by atoms with Gasteiger partial charge in [-0.1, -0.05) is 13.3 Å². The largest absolute Gasteiger partial charge is 0.391 e. The average molecular weight is 211 g/mol. The summed E-state index contributed by atoms with van der Waals surface area (Å²) in [5, 5.41) is 12.1. The highest BCUT2D eigenvalue weighted by molar-refractivity contribution is 5.92. The molecular weight excluding hydrogens is 194 g/mol. The molecule has 0 saturated carbocycles. The van der Waals surface area contributed by atoms with Gasteiger partial charge in [0.1, 0.15) is 5.69 Å².